The molecule has 4 amide bonds. The molecular weight excluding hydrogens is 562 g/mol. The first kappa shape index (κ1) is 26.2. The minimum Gasteiger partial charge on any atom is -0.348 e. The first-order valence-corrected chi connectivity index (χ1v) is 14.0. The van der Waals surface area contributed by atoms with E-state index in [4.69, 9.17) is 16.6 Å². The number of nitrogens with zero attached hydrogens (tertiary/aromatic N) is 9. The normalized spacial score (nSPS) is 20.0. The fourth-order valence-corrected chi connectivity index (χ4v) is 5.30. The molecule has 2 N–H and O–H groups in total. The first-order valence-electron chi connectivity index (χ1n) is 13.6. The molecule has 1 aliphatic heterocycles. The van der Waals surface area contributed by atoms with Crippen molar-refractivity contribution in [2.45, 2.75) is 44.6 Å². The summed E-state index contributed by atoms with van der Waals surface area (Å²) >= 11 is 6.14. The third-order valence-electron chi connectivity index (χ3n) is 7.67. The van der Waals surface area contributed by atoms with Gasteiger partial charge in [0.05, 0.1) is 17.9 Å². The average Bonchev–Trinajstić information content (AvgIpc) is 3.88. The summed E-state index contributed by atoms with van der Waals surface area (Å²) < 4.78 is 1.88. The number of hydrogen-bond acceptors (Lipinski definition) is 10. The molecule has 14 nitrogen and oxygen atoms in total. The van der Waals surface area contributed by atoms with E-state index in [-0.39, 0.29) is 60.0 Å². The maximum absolute atomic E-state index is 12.8. The Kier molecular flexibility index (Phi) is 6.22. The van der Waals surface area contributed by atoms with Crippen LogP contribution in [0.15, 0.2) is 30.7 Å². The first-order chi connectivity index (χ1) is 20.2. The second-order valence-corrected chi connectivity index (χ2v) is 11.2. The highest BCUT2D eigenvalue weighted by atomic mass is 35.5. The predicted octanol–water partition coefficient (Wildman–Crippen LogP) is 2.90. The van der Waals surface area contributed by atoms with E-state index < -0.39 is 0 Å². The molecule has 214 valence electrons. The number of aryl methyl sites for hydroxylation is 1. The van der Waals surface area contributed by atoms with Crippen molar-refractivity contribution in [2.75, 3.05) is 29.1 Å². The summed E-state index contributed by atoms with van der Waals surface area (Å²) in [6.07, 6.45) is 8.37. The third-order valence-corrected chi connectivity index (χ3v) is 7.84. The number of hydrogen-bond donors (Lipinski definition) is 2. The molecule has 1 unspecified atom stereocenters. The molecule has 7 rings (SSSR count). The molecule has 0 radical (unpaired) electrons. The van der Waals surface area contributed by atoms with Crippen LogP contribution in [0.25, 0.3) is 5.65 Å². The van der Waals surface area contributed by atoms with Gasteiger partial charge in [0.25, 0.3) is 0 Å². The number of imide groups is 1. The van der Waals surface area contributed by atoms with Crippen molar-refractivity contribution < 1.29 is 14.4 Å². The largest absolute Gasteiger partial charge is 0.348 e. The molecule has 1 saturated heterocycles. The number of carbonyl (C=O) groups excluding carboxylic acids is 3. The molecule has 2 saturated carbocycles. The van der Waals surface area contributed by atoms with Crippen molar-refractivity contribution >= 4 is 52.7 Å². The van der Waals surface area contributed by atoms with Crippen molar-refractivity contribution in [2.24, 2.45) is 5.92 Å². The van der Waals surface area contributed by atoms with Crippen LogP contribution in [0.5, 0.6) is 0 Å². The van der Waals surface area contributed by atoms with Gasteiger partial charge in [0, 0.05) is 43.2 Å². The standard InChI is InChI=1S/C27H26ClN11O3/c1-13-5-6-29-21(31-13)17-8-18(17)23(41)33-26-35-24(28)34-25(36-26)30-9-16-11-38-10-15(14-3-4-14)7-19(22(38)32-16)39-12-20(40)37(2)27(39)42/h5-7,10-11,14,17-18H,3-4,8-9,12H2,1-2H3,(H2,30,33,34,35,36,41)/t17?,18-/m0/s1. The Balaban J connectivity index is 1.07. The number of carbonyl (C=O) groups is 3. The summed E-state index contributed by atoms with van der Waals surface area (Å²) in [5, 5.41) is 5.73. The lowest BCUT2D eigenvalue weighted by molar-refractivity contribution is -0.124. The van der Waals surface area contributed by atoms with Crippen LogP contribution >= 0.6 is 11.6 Å². The van der Waals surface area contributed by atoms with E-state index in [9.17, 15) is 14.4 Å². The van der Waals surface area contributed by atoms with Gasteiger partial charge >= 0.3 is 6.03 Å². The molecule has 3 aliphatic rings. The number of urea groups is 1. The number of nitrogens with one attached hydrogen (secondary N) is 2. The maximum atomic E-state index is 12.8. The number of amides is 4. The second-order valence-electron chi connectivity index (χ2n) is 10.8. The summed E-state index contributed by atoms with van der Waals surface area (Å²) in [5.41, 5.74) is 3.75. The van der Waals surface area contributed by atoms with Gasteiger partial charge in [-0.1, -0.05) is 0 Å². The van der Waals surface area contributed by atoms with E-state index in [0.717, 1.165) is 29.0 Å². The number of pyridine rings is 1. The molecule has 42 heavy (non-hydrogen) atoms. The van der Waals surface area contributed by atoms with Crippen molar-refractivity contribution in [1.29, 1.82) is 0 Å². The van der Waals surface area contributed by atoms with Crippen LogP contribution in [0.1, 0.15) is 53.9 Å². The lowest BCUT2D eigenvalue weighted by Crippen LogP contribution is -2.30. The molecule has 4 aromatic rings. The molecule has 0 aromatic carbocycles. The van der Waals surface area contributed by atoms with Crippen LogP contribution in [0.3, 0.4) is 0 Å². The number of aromatic nitrogens is 7. The molecule has 0 spiro atoms. The van der Waals surface area contributed by atoms with Gasteiger partial charge in [-0.25, -0.2) is 19.7 Å². The van der Waals surface area contributed by atoms with Crippen LogP contribution in [-0.2, 0) is 16.1 Å². The zero-order chi connectivity index (χ0) is 29.1. The van der Waals surface area contributed by atoms with Crippen molar-refractivity contribution in [3.63, 3.8) is 0 Å². The molecule has 5 heterocycles. The molecule has 2 aliphatic carbocycles. The molecule has 4 aromatic heterocycles. The van der Waals surface area contributed by atoms with Crippen LogP contribution < -0.4 is 15.5 Å². The van der Waals surface area contributed by atoms with Crippen molar-refractivity contribution in [1.82, 2.24) is 39.2 Å². The van der Waals surface area contributed by atoms with Crippen LogP contribution in [0.2, 0.25) is 5.28 Å². The van der Waals surface area contributed by atoms with Gasteiger partial charge in [-0.05, 0) is 61.4 Å². The quantitative estimate of drug-likeness (QED) is 0.293. The number of rotatable bonds is 8. The fraction of sp³-hybridized carbons (Fsp3) is 0.370. The van der Waals surface area contributed by atoms with Gasteiger partial charge in [0.15, 0.2) is 5.65 Å². The predicted molar refractivity (Wildman–Crippen MR) is 151 cm³/mol. The summed E-state index contributed by atoms with van der Waals surface area (Å²) in [6.45, 7) is 2.09. The maximum Gasteiger partial charge on any atom is 0.331 e. The number of likely N-dealkylation sites (N-methyl/N-ethyl adjacent to an activating group) is 1. The summed E-state index contributed by atoms with van der Waals surface area (Å²) in [5.74, 6) is 0.456. The Hall–Kier alpha value is -4.72. The van der Waals surface area contributed by atoms with Crippen molar-refractivity contribution in [3.8, 4) is 0 Å². The van der Waals surface area contributed by atoms with Crippen LogP contribution in [0.4, 0.5) is 22.4 Å². The number of anilines is 3. The minimum absolute atomic E-state index is 0.0307. The van der Waals surface area contributed by atoms with Crippen LogP contribution in [-0.4, -0.2) is 70.6 Å². The molecule has 3 fully saturated rings. The van der Waals surface area contributed by atoms with E-state index in [2.05, 4.69) is 35.6 Å². The Morgan fingerprint density at radius 1 is 1.10 bits per heavy atom. The highest BCUT2D eigenvalue weighted by molar-refractivity contribution is 6.28. The van der Waals surface area contributed by atoms with Gasteiger partial charge < -0.3 is 9.72 Å². The molecule has 0 bridgehead atoms. The van der Waals surface area contributed by atoms with E-state index in [0.29, 0.717) is 35.2 Å². The van der Waals surface area contributed by atoms with Crippen LogP contribution in [0, 0.1) is 12.8 Å². The Morgan fingerprint density at radius 2 is 1.90 bits per heavy atom. The van der Waals surface area contributed by atoms with Gasteiger partial charge in [-0.15, -0.1) is 0 Å². The molecule has 15 heteroatoms. The van der Waals surface area contributed by atoms with E-state index in [1.807, 2.05) is 35.9 Å². The summed E-state index contributed by atoms with van der Waals surface area (Å²) in [7, 11) is 1.48. The van der Waals surface area contributed by atoms with Crippen molar-refractivity contribution in [3.05, 3.63) is 58.8 Å². The van der Waals surface area contributed by atoms with E-state index in [1.165, 1.54) is 11.9 Å². The Bertz CT molecular complexity index is 1770. The number of fused-ring (bicyclic) bond motifs is 1. The van der Waals surface area contributed by atoms with E-state index in [1.54, 1.807) is 6.20 Å². The van der Waals surface area contributed by atoms with Gasteiger partial charge in [-0.3, -0.25) is 24.7 Å². The SMILES string of the molecule is Cc1ccnc(C2C[C@@H]2C(=O)Nc2nc(Cl)nc(NCc3cn4cc(C5CC5)cc(N5CC(=O)N(C)C5=O)c4n3)n2)n1. The topological polar surface area (TPSA) is 164 Å². The summed E-state index contributed by atoms with van der Waals surface area (Å²) in [6, 6.07) is 3.39. The van der Waals surface area contributed by atoms with E-state index >= 15 is 0 Å². The zero-order valence-electron chi connectivity index (χ0n) is 22.8. The third kappa shape index (κ3) is 4.98. The molecule has 2 atom stereocenters. The average molecular weight is 588 g/mol. The Morgan fingerprint density at radius 3 is 2.64 bits per heavy atom. The lowest BCUT2D eigenvalue weighted by Gasteiger charge is -2.17. The second kappa shape index (κ2) is 9.98. The zero-order valence-corrected chi connectivity index (χ0v) is 23.5. The fourth-order valence-electron chi connectivity index (χ4n) is 5.14. The summed E-state index contributed by atoms with van der Waals surface area (Å²) in [4.78, 5) is 66.3. The van der Waals surface area contributed by atoms with Gasteiger partial charge in [0.2, 0.25) is 29.0 Å². The van der Waals surface area contributed by atoms with Gasteiger partial charge in [0.1, 0.15) is 12.4 Å². The lowest BCUT2D eigenvalue weighted by atomic mass is 10.1. The highest BCUT2D eigenvalue weighted by Gasteiger charge is 2.46. The minimum atomic E-state index is -0.379. The van der Waals surface area contributed by atoms with Gasteiger partial charge in [-0.2, -0.15) is 15.0 Å². The number of halogens is 1. The number of imidazole rings is 1. The monoisotopic (exact) mass is 587 g/mol. The highest BCUT2D eigenvalue weighted by Crippen LogP contribution is 2.46. The smallest absolute Gasteiger partial charge is 0.331 e. The Labute approximate surface area is 244 Å². The molecular formula is C27H26ClN11O3.